The van der Waals surface area contributed by atoms with Crippen molar-refractivity contribution in [3.05, 3.63) is 59.2 Å². The van der Waals surface area contributed by atoms with Gasteiger partial charge >= 0.3 is 5.97 Å². The van der Waals surface area contributed by atoms with Crippen LogP contribution in [0.25, 0.3) is 0 Å². The Morgan fingerprint density at radius 3 is 2.36 bits per heavy atom. The van der Waals surface area contributed by atoms with Crippen molar-refractivity contribution < 1.29 is 14.7 Å². The van der Waals surface area contributed by atoms with E-state index in [0.29, 0.717) is 11.4 Å². The quantitative estimate of drug-likeness (QED) is 0.825. The van der Waals surface area contributed by atoms with Gasteiger partial charge in [-0.1, -0.05) is 17.7 Å². The molecule has 0 aliphatic carbocycles. The number of nitrogens with one attached hydrogen (secondary N) is 1. The summed E-state index contributed by atoms with van der Waals surface area (Å²) < 4.78 is 0. The lowest BCUT2D eigenvalue weighted by molar-refractivity contribution is -0.113. The number of benzene rings is 2. The minimum absolute atomic E-state index is 0.114. The fraction of sp³-hybridized carbons (Fsp3) is 0.176. The van der Waals surface area contributed by atoms with Gasteiger partial charge in [-0.25, -0.2) is 4.79 Å². The summed E-state index contributed by atoms with van der Waals surface area (Å²) in [5, 5.41) is 11.7. The monoisotopic (exact) mass is 315 g/mol. The molecule has 0 heterocycles. The summed E-state index contributed by atoms with van der Waals surface area (Å²) in [6.07, 6.45) is 0. The maximum atomic E-state index is 12.0. The molecule has 0 atom stereocenters. The molecule has 0 fully saturated rings. The van der Waals surface area contributed by atoms with Gasteiger partial charge in [-0.05, 0) is 49.7 Å². The molecule has 0 unspecified atom stereocenters. The number of aryl methyl sites for hydroxylation is 2. The molecule has 0 saturated heterocycles. The molecule has 114 valence electrons. The molecular formula is C17H17NO3S. The minimum Gasteiger partial charge on any atom is -0.478 e. The highest BCUT2D eigenvalue weighted by molar-refractivity contribution is 8.00. The van der Waals surface area contributed by atoms with Crippen molar-refractivity contribution in [1.29, 1.82) is 0 Å². The Morgan fingerprint density at radius 1 is 1.09 bits per heavy atom. The van der Waals surface area contributed by atoms with Gasteiger partial charge in [-0.2, -0.15) is 0 Å². The summed E-state index contributed by atoms with van der Waals surface area (Å²) in [5.41, 5.74) is 2.76. The van der Waals surface area contributed by atoms with Crippen molar-refractivity contribution in [2.24, 2.45) is 0 Å². The number of aromatic carboxylic acids is 1. The zero-order chi connectivity index (χ0) is 16.1. The van der Waals surface area contributed by atoms with E-state index in [2.05, 4.69) is 5.32 Å². The molecule has 4 nitrogen and oxygen atoms in total. The summed E-state index contributed by atoms with van der Waals surface area (Å²) in [6, 6.07) is 12.6. The van der Waals surface area contributed by atoms with Crippen molar-refractivity contribution in [3.8, 4) is 0 Å². The number of carbonyl (C=O) groups excluding carboxylic acids is 1. The first-order valence-corrected chi connectivity index (χ1v) is 7.77. The maximum absolute atomic E-state index is 12.0. The van der Waals surface area contributed by atoms with E-state index in [1.807, 2.05) is 31.2 Å². The smallest absolute Gasteiger partial charge is 0.335 e. The van der Waals surface area contributed by atoms with Crippen LogP contribution in [0.1, 0.15) is 21.5 Å². The van der Waals surface area contributed by atoms with Crippen molar-refractivity contribution >= 4 is 29.3 Å². The normalized spacial score (nSPS) is 10.3. The number of carboxylic acids is 1. The van der Waals surface area contributed by atoms with E-state index in [-0.39, 0.29) is 11.5 Å². The Morgan fingerprint density at radius 2 is 1.77 bits per heavy atom. The van der Waals surface area contributed by atoms with E-state index in [0.717, 1.165) is 10.5 Å². The largest absolute Gasteiger partial charge is 0.478 e. The van der Waals surface area contributed by atoms with Gasteiger partial charge in [0.15, 0.2) is 0 Å². The topological polar surface area (TPSA) is 66.4 Å². The van der Waals surface area contributed by atoms with Gasteiger partial charge in [-0.15, -0.1) is 11.8 Å². The van der Waals surface area contributed by atoms with Gasteiger partial charge < -0.3 is 10.4 Å². The van der Waals surface area contributed by atoms with Gasteiger partial charge in [0.2, 0.25) is 5.91 Å². The molecule has 1 amide bonds. The second-order valence-corrected chi connectivity index (χ2v) is 6.03. The van der Waals surface area contributed by atoms with E-state index in [1.54, 1.807) is 19.1 Å². The number of hydrogen-bond donors (Lipinski definition) is 2. The van der Waals surface area contributed by atoms with Crippen LogP contribution < -0.4 is 5.32 Å². The van der Waals surface area contributed by atoms with Crippen molar-refractivity contribution in [3.63, 3.8) is 0 Å². The van der Waals surface area contributed by atoms with E-state index in [4.69, 9.17) is 5.11 Å². The number of carbonyl (C=O) groups is 2. The molecule has 2 N–H and O–H groups in total. The first-order chi connectivity index (χ1) is 10.5. The third-order valence-electron chi connectivity index (χ3n) is 3.14. The fourth-order valence-corrected chi connectivity index (χ4v) is 2.61. The average molecular weight is 315 g/mol. The van der Waals surface area contributed by atoms with Crippen LogP contribution in [0.2, 0.25) is 0 Å². The third-order valence-corrected chi connectivity index (χ3v) is 4.15. The molecule has 0 aliphatic rings. The molecule has 22 heavy (non-hydrogen) atoms. The van der Waals surface area contributed by atoms with Crippen LogP contribution in [0.4, 0.5) is 5.69 Å². The standard InChI is InChI=1S/C17H17NO3S/c1-11-3-6-14(7-4-11)22-10-16(19)18-15-8-5-13(17(20)21)9-12(15)2/h3-9H,10H2,1-2H3,(H,18,19)(H,20,21). The number of carboxylic acid groups (broad SMARTS) is 1. The number of anilines is 1. The molecule has 0 aromatic heterocycles. The first kappa shape index (κ1) is 16.1. The van der Waals surface area contributed by atoms with Gasteiger partial charge in [0, 0.05) is 10.6 Å². The van der Waals surface area contributed by atoms with Crippen LogP contribution in [0, 0.1) is 13.8 Å². The second-order valence-electron chi connectivity index (χ2n) is 4.98. The van der Waals surface area contributed by atoms with Crippen molar-refractivity contribution in [2.75, 3.05) is 11.1 Å². The summed E-state index contributed by atoms with van der Waals surface area (Å²) in [6.45, 7) is 3.79. The zero-order valence-corrected chi connectivity index (χ0v) is 13.2. The summed E-state index contributed by atoms with van der Waals surface area (Å²) in [5.74, 6) is -0.781. The Kier molecular flexibility index (Phi) is 5.22. The number of rotatable bonds is 5. The number of thioether (sulfide) groups is 1. The Hall–Kier alpha value is -2.27. The second kappa shape index (κ2) is 7.13. The van der Waals surface area contributed by atoms with Gasteiger partial charge in [0.25, 0.3) is 0 Å². The minimum atomic E-state index is -0.976. The van der Waals surface area contributed by atoms with Crippen LogP contribution in [0.15, 0.2) is 47.4 Å². The number of amides is 1. The van der Waals surface area contributed by atoms with Gasteiger partial charge in [-0.3, -0.25) is 4.79 Å². The van der Waals surface area contributed by atoms with Crippen LogP contribution in [0.3, 0.4) is 0 Å². The first-order valence-electron chi connectivity index (χ1n) is 6.79. The summed E-state index contributed by atoms with van der Waals surface area (Å²) >= 11 is 1.46. The molecule has 0 saturated carbocycles. The predicted octanol–water partition coefficient (Wildman–Crippen LogP) is 3.73. The molecule has 0 bridgehead atoms. The molecule has 5 heteroatoms. The highest BCUT2D eigenvalue weighted by atomic mass is 32.2. The van der Waals surface area contributed by atoms with E-state index >= 15 is 0 Å². The highest BCUT2D eigenvalue weighted by Crippen LogP contribution is 2.20. The molecular weight excluding hydrogens is 298 g/mol. The van der Waals surface area contributed by atoms with Crippen LogP contribution in [-0.4, -0.2) is 22.7 Å². The van der Waals surface area contributed by atoms with Crippen LogP contribution in [-0.2, 0) is 4.79 Å². The fourth-order valence-electron chi connectivity index (χ4n) is 1.91. The number of hydrogen-bond acceptors (Lipinski definition) is 3. The average Bonchev–Trinajstić information content (AvgIpc) is 2.48. The molecule has 0 radical (unpaired) electrons. The molecule has 2 rings (SSSR count). The molecule has 2 aromatic carbocycles. The lowest BCUT2D eigenvalue weighted by atomic mass is 10.1. The SMILES string of the molecule is Cc1ccc(SCC(=O)Nc2ccc(C(=O)O)cc2C)cc1. The van der Waals surface area contributed by atoms with Gasteiger partial charge in [0.05, 0.1) is 11.3 Å². The highest BCUT2D eigenvalue weighted by Gasteiger charge is 2.09. The Bertz CT molecular complexity index is 696. The van der Waals surface area contributed by atoms with E-state index < -0.39 is 5.97 Å². The molecule has 0 spiro atoms. The Balaban J connectivity index is 1.94. The Labute approximate surface area is 133 Å². The predicted molar refractivity (Wildman–Crippen MR) is 88.7 cm³/mol. The van der Waals surface area contributed by atoms with Gasteiger partial charge in [0.1, 0.15) is 0 Å². The maximum Gasteiger partial charge on any atom is 0.335 e. The third kappa shape index (κ3) is 4.36. The lowest BCUT2D eigenvalue weighted by Gasteiger charge is -2.09. The lowest BCUT2D eigenvalue weighted by Crippen LogP contribution is -2.15. The van der Waals surface area contributed by atoms with Crippen molar-refractivity contribution in [2.45, 2.75) is 18.7 Å². The zero-order valence-electron chi connectivity index (χ0n) is 12.4. The van der Waals surface area contributed by atoms with E-state index in [1.165, 1.54) is 23.4 Å². The molecule has 0 aliphatic heterocycles. The summed E-state index contributed by atoms with van der Waals surface area (Å²) in [4.78, 5) is 23.9. The van der Waals surface area contributed by atoms with Crippen molar-refractivity contribution in [1.82, 2.24) is 0 Å². The van der Waals surface area contributed by atoms with E-state index in [9.17, 15) is 9.59 Å². The van der Waals surface area contributed by atoms with Crippen LogP contribution >= 0.6 is 11.8 Å². The molecule has 2 aromatic rings. The summed E-state index contributed by atoms with van der Waals surface area (Å²) in [7, 11) is 0. The van der Waals surface area contributed by atoms with Crippen LogP contribution in [0.5, 0.6) is 0 Å².